The number of nitrogens with one attached hydrogen (secondary N) is 1. The lowest BCUT2D eigenvalue weighted by atomic mass is 9.84. The summed E-state index contributed by atoms with van der Waals surface area (Å²) >= 11 is 7.69. The Balaban J connectivity index is 2.06. The number of thiophene rings is 1. The van der Waals surface area contributed by atoms with Crippen LogP contribution in [-0.4, -0.2) is 30.6 Å². The van der Waals surface area contributed by atoms with Crippen LogP contribution >= 0.6 is 22.9 Å². The number of nitrogens with zero attached hydrogens (tertiary/aromatic N) is 1. The van der Waals surface area contributed by atoms with Gasteiger partial charge in [-0.2, -0.15) is 0 Å². The van der Waals surface area contributed by atoms with Crippen LogP contribution < -0.4 is 5.32 Å². The van der Waals surface area contributed by atoms with Crippen molar-refractivity contribution in [3.8, 4) is 0 Å². The SMILES string of the molecule is CC(C)(C)C1CNCCN1Cc1ccc(Cl)s1. The fraction of sp³-hybridized carbons (Fsp3) is 0.692. The summed E-state index contributed by atoms with van der Waals surface area (Å²) < 4.78 is 0.891. The quantitative estimate of drug-likeness (QED) is 0.889. The molecule has 0 saturated carbocycles. The fourth-order valence-electron chi connectivity index (χ4n) is 2.43. The average molecular weight is 273 g/mol. The van der Waals surface area contributed by atoms with Gasteiger partial charge in [0.1, 0.15) is 0 Å². The Morgan fingerprint density at radius 1 is 1.47 bits per heavy atom. The van der Waals surface area contributed by atoms with Gasteiger partial charge in [-0.3, -0.25) is 4.90 Å². The lowest BCUT2D eigenvalue weighted by Crippen LogP contribution is -2.56. The maximum Gasteiger partial charge on any atom is 0.0931 e. The second-order valence-corrected chi connectivity index (χ2v) is 7.56. The minimum absolute atomic E-state index is 0.314. The summed E-state index contributed by atoms with van der Waals surface area (Å²) in [6, 6.07) is 4.74. The molecule has 1 unspecified atom stereocenters. The molecule has 0 spiro atoms. The van der Waals surface area contributed by atoms with E-state index in [0.717, 1.165) is 30.5 Å². The Morgan fingerprint density at radius 2 is 2.24 bits per heavy atom. The molecule has 1 aliphatic heterocycles. The summed E-state index contributed by atoms with van der Waals surface area (Å²) in [4.78, 5) is 3.95. The van der Waals surface area contributed by atoms with E-state index in [9.17, 15) is 0 Å². The van der Waals surface area contributed by atoms with Gasteiger partial charge in [0.05, 0.1) is 4.34 Å². The first-order valence-corrected chi connectivity index (χ1v) is 7.35. The highest BCUT2D eigenvalue weighted by Crippen LogP contribution is 2.29. The van der Waals surface area contributed by atoms with E-state index in [2.05, 4.69) is 37.1 Å². The molecular weight excluding hydrogens is 252 g/mol. The highest BCUT2D eigenvalue weighted by Gasteiger charge is 2.32. The summed E-state index contributed by atoms with van der Waals surface area (Å²) in [6.45, 7) is 11.3. The van der Waals surface area contributed by atoms with Gasteiger partial charge in [-0.1, -0.05) is 32.4 Å². The van der Waals surface area contributed by atoms with Gasteiger partial charge in [-0.05, 0) is 17.5 Å². The third-order valence-electron chi connectivity index (χ3n) is 3.34. The number of halogens is 1. The molecule has 1 aromatic heterocycles. The maximum absolute atomic E-state index is 5.99. The predicted octanol–water partition coefficient (Wildman–Crippen LogP) is 3.22. The molecule has 1 atom stereocenters. The molecule has 17 heavy (non-hydrogen) atoms. The fourth-order valence-corrected chi connectivity index (χ4v) is 3.54. The van der Waals surface area contributed by atoms with Crippen molar-refractivity contribution in [2.75, 3.05) is 19.6 Å². The van der Waals surface area contributed by atoms with Gasteiger partial charge in [-0.25, -0.2) is 0 Å². The van der Waals surface area contributed by atoms with E-state index in [1.165, 1.54) is 4.88 Å². The van der Waals surface area contributed by atoms with Crippen molar-refractivity contribution in [2.24, 2.45) is 5.41 Å². The number of rotatable bonds is 2. The molecule has 0 aromatic carbocycles. The van der Waals surface area contributed by atoms with Crippen LogP contribution in [0.4, 0.5) is 0 Å². The Labute approximate surface area is 113 Å². The smallest absolute Gasteiger partial charge is 0.0931 e. The highest BCUT2D eigenvalue weighted by molar-refractivity contribution is 7.16. The topological polar surface area (TPSA) is 15.3 Å². The van der Waals surface area contributed by atoms with Crippen molar-refractivity contribution in [3.63, 3.8) is 0 Å². The van der Waals surface area contributed by atoms with Gasteiger partial charge in [0.15, 0.2) is 0 Å². The van der Waals surface area contributed by atoms with Crippen molar-refractivity contribution < 1.29 is 0 Å². The maximum atomic E-state index is 5.99. The van der Waals surface area contributed by atoms with E-state index in [1.807, 2.05) is 6.07 Å². The largest absolute Gasteiger partial charge is 0.314 e. The molecular formula is C13H21ClN2S. The zero-order valence-corrected chi connectivity index (χ0v) is 12.4. The summed E-state index contributed by atoms with van der Waals surface area (Å²) in [5, 5.41) is 3.50. The van der Waals surface area contributed by atoms with Crippen LogP contribution in [0.1, 0.15) is 25.6 Å². The number of hydrogen-bond donors (Lipinski definition) is 1. The predicted molar refractivity (Wildman–Crippen MR) is 75.9 cm³/mol. The van der Waals surface area contributed by atoms with Crippen molar-refractivity contribution in [3.05, 3.63) is 21.3 Å². The van der Waals surface area contributed by atoms with E-state index >= 15 is 0 Å². The van der Waals surface area contributed by atoms with E-state index in [1.54, 1.807) is 11.3 Å². The summed E-state index contributed by atoms with van der Waals surface area (Å²) in [5.74, 6) is 0. The Hall–Kier alpha value is -0.0900. The molecule has 0 bridgehead atoms. The second-order valence-electron chi connectivity index (χ2n) is 5.76. The molecule has 96 valence electrons. The number of piperazine rings is 1. The van der Waals surface area contributed by atoms with Crippen LogP contribution in [0.5, 0.6) is 0 Å². The average Bonchev–Trinajstić information content (AvgIpc) is 2.63. The second kappa shape index (κ2) is 5.27. The van der Waals surface area contributed by atoms with Crippen LogP contribution in [0.3, 0.4) is 0 Å². The molecule has 1 N–H and O–H groups in total. The van der Waals surface area contributed by atoms with E-state index in [-0.39, 0.29) is 0 Å². The van der Waals surface area contributed by atoms with Gasteiger partial charge in [0.25, 0.3) is 0 Å². The molecule has 2 heterocycles. The van der Waals surface area contributed by atoms with Crippen LogP contribution in [0, 0.1) is 5.41 Å². The minimum Gasteiger partial charge on any atom is -0.314 e. The van der Waals surface area contributed by atoms with Crippen LogP contribution in [0.2, 0.25) is 4.34 Å². The Bertz CT molecular complexity index is 370. The molecule has 0 amide bonds. The molecule has 2 nitrogen and oxygen atoms in total. The molecule has 0 aliphatic carbocycles. The monoisotopic (exact) mass is 272 g/mol. The molecule has 2 rings (SSSR count). The molecule has 1 saturated heterocycles. The number of hydrogen-bond acceptors (Lipinski definition) is 3. The first-order valence-electron chi connectivity index (χ1n) is 6.16. The zero-order valence-electron chi connectivity index (χ0n) is 10.8. The Morgan fingerprint density at radius 3 is 2.82 bits per heavy atom. The van der Waals surface area contributed by atoms with E-state index in [4.69, 9.17) is 11.6 Å². The van der Waals surface area contributed by atoms with Gasteiger partial charge in [0, 0.05) is 37.1 Å². The third-order valence-corrected chi connectivity index (χ3v) is 4.56. The molecule has 1 aromatic rings. The summed E-state index contributed by atoms with van der Waals surface area (Å²) in [5.41, 5.74) is 0.314. The van der Waals surface area contributed by atoms with Crippen LogP contribution in [0.25, 0.3) is 0 Å². The van der Waals surface area contributed by atoms with Crippen molar-refractivity contribution in [1.82, 2.24) is 10.2 Å². The first-order chi connectivity index (χ1) is 7.97. The first kappa shape index (κ1) is 13.3. The van der Waals surface area contributed by atoms with E-state index in [0.29, 0.717) is 11.5 Å². The standard InChI is InChI=1S/C13H21ClN2S/c1-13(2,3)11-8-15-6-7-16(11)9-10-4-5-12(14)17-10/h4-5,11,15H,6-9H2,1-3H3. The summed E-state index contributed by atoms with van der Waals surface area (Å²) in [6.07, 6.45) is 0. The molecule has 1 fully saturated rings. The molecule has 4 heteroatoms. The van der Waals surface area contributed by atoms with Crippen LogP contribution in [0.15, 0.2) is 12.1 Å². The van der Waals surface area contributed by atoms with Crippen molar-refractivity contribution >= 4 is 22.9 Å². The highest BCUT2D eigenvalue weighted by atomic mass is 35.5. The normalized spacial score (nSPS) is 22.9. The molecule has 0 radical (unpaired) electrons. The molecule has 1 aliphatic rings. The van der Waals surface area contributed by atoms with Crippen molar-refractivity contribution in [1.29, 1.82) is 0 Å². The lowest BCUT2D eigenvalue weighted by molar-refractivity contribution is 0.0698. The van der Waals surface area contributed by atoms with Gasteiger partial charge in [0.2, 0.25) is 0 Å². The van der Waals surface area contributed by atoms with Gasteiger partial charge in [-0.15, -0.1) is 11.3 Å². The summed E-state index contributed by atoms with van der Waals surface area (Å²) in [7, 11) is 0. The minimum atomic E-state index is 0.314. The van der Waals surface area contributed by atoms with Crippen molar-refractivity contribution in [2.45, 2.75) is 33.4 Å². The lowest BCUT2D eigenvalue weighted by Gasteiger charge is -2.43. The van der Waals surface area contributed by atoms with Gasteiger partial charge < -0.3 is 5.32 Å². The third kappa shape index (κ3) is 3.44. The van der Waals surface area contributed by atoms with E-state index < -0.39 is 0 Å². The zero-order chi connectivity index (χ0) is 12.5. The van der Waals surface area contributed by atoms with Gasteiger partial charge >= 0.3 is 0 Å². The Kier molecular flexibility index (Phi) is 4.14. The van der Waals surface area contributed by atoms with Crippen LogP contribution in [-0.2, 0) is 6.54 Å².